The van der Waals surface area contributed by atoms with E-state index in [4.69, 9.17) is 4.52 Å². The third-order valence-corrected chi connectivity index (χ3v) is 4.71. The lowest BCUT2D eigenvalue weighted by molar-refractivity contribution is -0.141. The first-order chi connectivity index (χ1) is 11.1. The Morgan fingerprint density at radius 1 is 1.46 bits per heavy atom. The van der Waals surface area contributed by atoms with Gasteiger partial charge in [-0.1, -0.05) is 5.16 Å². The van der Waals surface area contributed by atoms with Crippen molar-refractivity contribution in [3.8, 4) is 0 Å². The molecule has 132 valence electrons. The maximum atomic E-state index is 12.6. The Morgan fingerprint density at radius 2 is 2.17 bits per heavy atom. The van der Waals surface area contributed by atoms with E-state index in [1.165, 1.54) is 6.92 Å². The number of hydrogen-bond donors (Lipinski definition) is 1. The van der Waals surface area contributed by atoms with Gasteiger partial charge in [-0.05, 0) is 25.8 Å². The van der Waals surface area contributed by atoms with Gasteiger partial charge in [0.1, 0.15) is 11.8 Å². The van der Waals surface area contributed by atoms with Crippen LogP contribution in [-0.4, -0.2) is 34.4 Å². The van der Waals surface area contributed by atoms with Crippen molar-refractivity contribution in [3.63, 3.8) is 0 Å². The van der Waals surface area contributed by atoms with Gasteiger partial charge >= 0.3 is 6.18 Å². The van der Waals surface area contributed by atoms with Crippen LogP contribution in [0.3, 0.4) is 0 Å². The molecule has 3 rings (SSSR count). The quantitative estimate of drug-likeness (QED) is 0.832. The molecule has 1 aliphatic rings. The molecule has 0 spiro atoms. The molecule has 24 heavy (non-hydrogen) atoms. The molecule has 1 N–H and O–H groups in total. The van der Waals surface area contributed by atoms with Crippen molar-refractivity contribution < 1.29 is 26.1 Å². The van der Waals surface area contributed by atoms with Crippen molar-refractivity contribution in [1.29, 1.82) is 0 Å². The van der Waals surface area contributed by atoms with Crippen molar-refractivity contribution in [2.75, 3.05) is 0 Å². The summed E-state index contributed by atoms with van der Waals surface area (Å²) in [4.78, 5) is 3.93. The number of halogens is 3. The fourth-order valence-electron chi connectivity index (χ4n) is 1.98. The molecule has 0 saturated heterocycles. The summed E-state index contributed by atoms with van der Waals surface area (Å²) in [5.74, 6) is -0.538. The second-order valence-corrected chi connectivity index (χ2v) is 7.31. The third-order valence-electron chi connectivity index (χ3n) is 3.38. The maximum absolute atomic E-state index is 12.6. The summed E-state index contributed by atoms with van der Waals surface area (Å²) in [5, 5.41) is 6.99. The number of hydrogen-bond acceptors (Lipinski definition) is 6. The van der Waals surface area contributed by atoms with Gasteiger partial charge in [0.2, 0.25) is 10.0 Å². The zero-order chi connectivity index (χ0) is 17.5. The smallest absolute Gasteiger partial charge is 0.337 e. The molecule has 0 amide bonds. The second kappa shape index (κ2) is 5.84. The van der Waals surface area contributed by atoms with Crippen LogP contribution in [0.1, 0.15) is 43.2 Å². The number of rotatable bonds is 6. The first kappa shape index (κ1) is 16.9. The Morgan fingerprint density at radius 3 is 2.75 bits per heavy atom. The zero-order valence-corrected chi connectivity index (χ0v) is 13.3. The van der Waals surface area contributed by atoms with Crippen LogP contribution < -0.4 is 4.72 Å². The molecule has 2 aromatic heterocycles. The molecule has 1 aliphatic carbocycles. The average Bonchev–Trinajstić information content (AvgIpc) is 2.97. The van der Waals surface area contributed by atoms with E-state index in [-0.39, 0.29) is 17.8 Å². The molecule has 0 bridgehead atoms. The Kier molecular flexibility index (Phi) is 4.11. The largest absolute Gasteiger partial charge is 0.435 e. The van der Waals surface area contributed by atoms with Crippen LogP contribution >= 0.6 is 0 Å². The molecule has 0 radical (unpaired) electrons. The Labute approximate surface area is 135 Å². The lowest BCUT2D eigenvalue weighted by atomic mass is 10.3. The molecule has 1 fully saturated rings. The van der Waals surface area contributed by atoms with Gasteiger partial charge in [-0.15, -0.1) is 0 Å². The van der Waals surface area contributed by atoms with Crippen LogP contribution in [0.15, 0.2) is 16.8 Å². The minimum Gasteiger partial charge on any atom is -0.337 e. The summed E-state index contributed by atoms with van der Waals surface area (Å²) in [6, 6.07) is 0.0317. The highest BCUT2D eigenvalue weighted by Crippen LogP contribution is 2.28. The van der Waals surface area contributed by atoms with Gasteiger partial charge in [-0.2, -0.15) is 23.3 Å². The molecule has 2 aromatic rings. The number of sulfonamides is 1. The predicted octanol–water partition coefficient (Wildman–Crippen LogP) is 1.48. The van der Waals surface area contributed by atoms with E-state index in [2.05, 4.69) is 20.0 Å². The highest BCUT2D eigenvalue weighted by molar-refractivity contribution is 7.88. The Balaban J connectivity index is 1.71. The van der Waals surface area contributed by atoms with Gasteiger partial charge in [0.25, 0.3) is 5.89 Å². The molecule has 0 aliphatic heterocycles. The summed E-state index contributed by atoms with van der Waals surface area (Å²) < 4.78 is 69.8. The summed E-state index contributed by atoms with van der Waals surface area (Å²) in [6.07, 6.45) is -1.81. The van der Waals surface area contributed by atoms with Crippen LogP contribution in [0.5, 0.6) is 0 Å². The van der Waals surface area contributed by atoms with E-state index in [0.717, 1.165) is 29.8 Å². The van der Waals surface area contributed by atoms with E-state index in [0.29, 0.717) is 0 Å². The van der Waals surface area contributed by atoms with Gasteiger partial charge in [-0.3, -0.25) is 4.68 Å². The number of nitrogens with zero attached hydrogens (tertiary/aromatic N) is 4. The number of alkyl halides is 3. The monoisotopic (exact) mass is 365 g/mol. The van der Waals surface area contributed by atoms with Gasteiger partial charge in [0.15, 0.2) is 11.5 Å². The zero-order valence-electron chi connectivity index (χ0n) is 12.5. The molecule has 1 saturated carbocycles. The molecule has 1 atom stereocenters. The van der Waals surface area contributed by atoms with Gasteiger partial charge in [-0.25, -0.2) is 13.1 Å². The maximum Gasteiger partial charge on any atom is 0.435 e. The van der Waals surface area contributed by atoms with E-state index < -0.39 is 33.7 Å². The molecule has 8 nitrogen and oxygen atoms in total. The minimum atomic E-state index is -4.55. The molecule has 12 heteroatoms. The predicted molar refractivity (Wildman–Crippen MR) is 74.1 cm³/mol. The van der Waals surface area contributed by atoms with E-state index >= 15 is 0 Å². The van der Waals surface area contributed by atoms with Crippen molar-refractivity contribution in [2.45, 2.75) is 43.8 Å². The van der Waals surface area contributed by atoms with E-state index in [9.17, 15) is 21.6 Å². The fraction of sp³-hybridized carbons (Fsp3) is 0.583. The normalized spacial score (nSPS) is 17.2. The van der Waals surface area contributed by atoms with Crippen LogP contribution in [0, 0.1) is 0 Å². The highest BCUT2D eigenvalue weighted by atomic mass is 32.2. The SMILES string of the molecule is CC(c1nc(CS(=O)(=O)NC2CC2)no1)n1ccc(C(F)(F)F)n1. The third kappa shape index (κ3) is 3.93. The highest BCUT2D eigenvalue weighted by Gasteiger charge is 2.34. The van der Waals surface area contributed by atoms with Crippen LogP contribution in [0.25, 0.3) is 0 Å². The average molecular weight is 365 g/mol. The van der Waals surface area contributed by atoms with E-state index in [1.54, 1.807) is 0 Å². The first-order valence-corrected chi connectivity index (χ1v) is 8.74. The summed E-state index contributed by atoms with van der Waals surface area (Å²) in [6.45, 7) is 1.52. The Hall–Kier alpha value is -1.95. The van der Waals surface area contributed by atoms with Crippen molar-refractivity contribution in [1.82, 2.24) is 24.6 Å². The minimum absolute atomic E-state index is 0.0246. The van der Waals surface area contributed by atoms with Crippen LogP contribution in [0.2, 0.25) is 0 Å². The second-order valence-electron chi connectivity index (χ2n) is 5.55. The molecular weight excluding hydrogens is 351 g/mol. The van der Waals surface area contributed by atoms with Gasteiger partial charge in [0.05, 0.1) is 0 Å². The lowest BCUT2D eigenvalue weighted by Gasteiger charge is -2.07. The van der Waals surface area contributed by atoms with Crippen molar-refractivity contribution in [3.05, 3.63) is 29.7 Å². The van der Waals surface area contributed by atoms with Gasteiger partial charge in [0, 0.05) is 12.2 Å². The first-order valence-electron chi connectivity index (χ1n) is 7.09. The molecule has 0 aromatic carbocycles. The summed E-state index contributed by atoms with van der Waals surface area (Å²) in [5.41, 5.74) is -1.04. The molecule has 2 heterocycles. The number of aromatic nitrogens is 4. The Bertz CT molecular complexity index is 825. The van der Waals surface area contributed by atoms with Crippen LogP contribution in [-0.2, 0) is 22.0 Å². The number of nitrogens with one attached hydrogen (secondary N) is 1. The molecular formula is C12H14F3N5O3S. The topological polar surface area (TPSA) is 103 Å². The molecule has 1 unspecified atom stereocenters. The van der Waals surface area contributed by atoms with Crippen LogP contribution in [0.4, 0.5) is 13.2 Å². The lowest BCUT2D eigenvalue weighted by Crippen LogP contribution is -2.27. The fourth-order valence-corrected chi connectivity index (χ4v) is 3.26. The summed E-state index contributed by atoms with van der Waals surface area (Å²) >= 11 is 0. The van der Waals surface area contributed by atoms with Crippen molar-refractivity contribution >= 4 is 10.0 Å². The van der Waals surface area contributed by atoms with E-state index in [1.807, 2.05) is 0 Å². The van der Waals surface area contributed by atoms with Gasteiger partial charge < -0.3 is 4.52 Å². The summed E-state index contributed by atoms with van der Waals surface area (Å²) in [7, 11) is -3.57. The van der Waals surface area contributed by atoms with Crippen molar-refractivity contribution in [2.24, 2.45) is 0 Å². The standard InChI is InChI=1S/C12H14F3N5O3S/c1-7(20-5-4-9(17-20)12(13,14)15)11-16-10(18-23-11)6-24(21,22)19-8-2-3-8/h4-5,7-8,19H,2-3,6H2,1H3.